The highest BCUT2D eigenvalue weighted by molar-refractivity contribution is 5.99. The van der Waals surface area contributed by atoms with E-state index in [2.05, 4.69) is 27.2 Å². The summed E-state index contributed by atoms with van der Waals surface area (Å²) in [5.41, 5.74) is 3.73. The lowest BCUT2D eigenvalue weighted by Crippen LogP contribution is -2.07. The van der Waals surface area contributed by atoms with Gasteiger partial charge in [0, 0.05) is 23.4 Å². The van der Waals surface area contributed by atoms with Gasteiger partial charge in [0.25, 0.3) is 0 Å². The van der Waals surface area contributed by atoms with Crippen LogP contribution in [-0.2, 0) is 11.2 Å². The number of nitrogens with one attached hydrogen (secondary N) is 2. The van der Waals surface area contributed by atoms with Gasteiger partial charge in [-0.25, -0.2) is 9.97 Å². The summed E-state index contributed by atoms with van der Waals surface area (Å²) < 4.78 is 0. The number of rotatable bonds is 3. The van der Waals surface area contributed by atoms with Crippen LogP contribution in [0.15, 0.2) is 43.2 Å². The van der Waals surface area contributed by atoms with Gasteiger partial charge in [0.1, 0.15) is 12.1 Å². The fourth-order valence-corrected chi connectivity index (χ4v) is 2.29. The Balaban J connectivity index is 1.99. The van der Waals surface area contributed by atoms with Crippen LogP contribution >= 0.6 is 0 Å². The molecule has 5 nitrogen and oxygen atoms in total. The van der Waals surface area contributed by atoms with Crippen LogP contribution in [0.2, 0.25) is 0 Å². The van der Waals surface area contributed by atoms with Crippen molar-refractivity contribution in [2.45, 2.75) is 6.42 Å². The molecule has 2 heterocycles. The molecule has 1 aromatic heterocycles. The second kappa shape index (κ2) is 5.13. The standard InChI is InChI=1S/C15H14N4O/c1-2-13(20)19-11-5-3-4-10(8-11)14-12-6-7-16-15(12)18-9-17-14/h2-5,8-9H,1,6-7H2,(H,19,20)(H,16,17,18). The highest BCUT2D eigenvalue weighted by Crippen LogP contribution is 2.30. The number of aromatic nitrogens is 2. The molecular weight excluding hydrogens is 252 g/mol. The molecule has 0 aliphatic carbocycles. The smallest absolute Gasteiger partial charge is 0.247 e. The van der Waals surface area contributed by atoms with E-state index in [9.17, 15) is 4.79 Å². The molecule has 0 spiro atoms. The fourth-order valence-electron chi connectivity index (χ4n) is 2.29. The van der Waals surface area contributed by atoms with Gasteiger partial charge in [-0.3, -0.25) is 4.79 Å². The monoisotopic (exact) mass is 266 g/mol. The third-order valence-corrected chi connectivity index (χ3v) is 3.20. The number of carbonyl (C=O) groups excluding carboxylic acids is 1. The summed E-state index contributed by atoms with van der Waals surface area (Å²) >= 11 is 0. The molecular formula is C15H14N4O. The number of benzene rings is 1. The lowest BCUT2D eigenvalue weighted by molar-refractivity contribution is -0.111. The van der Waals surface area contributed by atoms with Gasteiger partial charge < -0.3 is 10.6 Å². The number of anilines is 2. The van der Waals surface area contributed by atoms with E-state index in [1.165, 1.54) is 6.08 Å². The summed E-state index contributed by atoms with van der Waals surface area (Å²) in [5.74, 6) is 0.673. The van der Waals surface area contributed by atoms with Crippen molar-refractivity contribution in [3.05, 3.63) is 48.8 Å². The van der Waals surface area contributed by atoms with Crippen molar-refractivity contribution in [1.82, 2.24) is 9.97 Å². The molecule has 5 heteroatoms. The minimum Gasteiger partial charge on any atom is -0.369 e. The molecule has 1 aliphatic heterocycles. The Morgan fingerprint density at radius 2 is 2.30 bits per heavy atom. The van der Waals surface area contributed by atoms with Crippen LogP contribution in [0.3, 0.4) is 0 Å². The van der Waals surface area contributed by atoms with Crippen LogP contribution in [0.5, 0.6) is 0 Å². The average Bonchev–Trinajstić information content (AvgIpc) is 2.95. The zero-order chi connectivity index (χ0) is 13.9. The van der Waals surface area contributed by atoms with Crippen LogP contribution in [-0.4, -0.2) is 22.4 Å². The molecule has 1 aromatic carbocycles. The quantitative estimate of drug-likeness (QED) is 0.836. The van der Waals surface area contributed by atoms with Crippen LogP contribution < -0.4 is 10.6 Å². The molecule has 0 atom stereocenters. The summed E-state index contributed by atoms with van der Waals surface area (Å²) in [6.45, 7) is 4.33. The Labute approximate surface area is 116 Å². The fraction of sp³-hybridized carbons (Fsp3) is 0.133. The van der Waals surface area contributed by atoms with Crippen LogP contribution in [0.25, 0.3) is 11.3 Å². The molecule has 0 unspecified atom stereocenters. The van der Waals surface area contributed by atoms with E-state index in [1.54, 1.807) is 6.33 Å². The van der Waals surface area contributed by atoms with Gasteiger partial charge >= 0.3 is 0 Å². The number of fused-ring (bicyclic) bond motifs is 1. The molecule has 2 aromatic rings. The maximum atomic E-state index is 11.4. The zero-order valence-electron chi connectivity index (χ0n) is 10.9. The second-order valence-corrected chi connectivity index (χ2v) is 4.50. The molecule has 0 radical (unpaired) electrons. The van der Waals surface area contributed by atoms with E-state index in [0.29, 0.717) is 0 Å². The van der Waals surface area contributed by atoms with Gasteiger partial charge in [-0.05, 0) is 24.6 Å². The number of amides is 1. The number of nitrogens with zero attached hydrogens (tertiary/aromatic N) is 2. The average molecular weight is 266 g/mol. The minimum atomic E-state index is -0.225. The maximum absolute atomic E-state index is 11.4. The predicted molar refractivity (Wildman–Crippen MR) is 78.5 cm³/mol. The largest absolute Gasteiger partial charge is 0.369 e. The van der Waals surface area contributed by atoms with Crippen molar-refractivity contribution < 1.29 is 4.79 Å². The van der Waals surface area contributed by atoms with Crippen molar-refractivity contribution in [3.8, 4) is 11.3 Å². The molecule has 0 saturated carbocycles. The van der Waals surface area contributed by atoms with Gasteiger partial charge in [-0.2, -0.15) is 0 Å². The summed E-state index contributed by atoms with van der Waals surface area (Å²) in [6.07, 6.45) is 3.72. The summed E-state index contributed by atoms with van der Waals surface area (Å²) in [4.78, 5) is 20.0. The first-order chi connectivity index (χ1) is 9.78. The van der Waals surface area contributed by atoms with E-state index in [4.69, 9.17) is 0 Å². The van der Waals surface area contributed by atoms with Crippen LogP contribution in [0.1, 0.15) is 5.56 Å². The van der Waals surface area contributed by atoms with Crippen LogP contribution in [0.4, 0.5) is 11.5 Å². The molecule has 100 valence electrons. The maximum Gasteiger partial charge on any atom is 0.247 e. The molecule has 1 aliphatic rings. The molecule has 0 bridgehead atoms. The second-order valence-electron chi connectivity index (χ2n) is 4.50. The minimum absolute atomic E-state index is 0.225. The molecule has 1 amide bonds. The molecule has 2 N–H and O–H groups in total. The number of hydrogen-bond acceptors (Lipinski definition) is 4. The number of carbonyl (C=O) groups is 1. The Morgan fingerprint density at radius 3 is 3.15 bits per heavy atom. The van der Waals surface area contributed by atoms with Crippen molar-refractivity contribution >= 4 is 17.4 Å². The van der Waals surface area contributed by atoms with Gasteiger partial charge in [-0.15, -0.1) is 0 Å². The normalized spacial score (nSPS) is 12.4. The van der Waals surface area contributed by atoms with E-state index < -0.39 is 0 Å². The molecule has 0 saturated heterocycles. The Hall–Kier alpha value is -2.69. The third-order valence-electron chi connectivity index (χ3n) is 3.20. The number of hydrogen-bond donors (Lipinski definition) is 2. The summed E-state index contributed by atoms with van der Waals surface area (Å²) in [7, 11) is 0. The van der Waals surface area contributed by atoms with Gasteiger partial charge in [-0.1, -0.05) is 18.7 Å². The Kier molecular flexibility index (Phi) is 3.16. The van der Waals surface area contributed by atoms with Gasteiger partial charge in [0.2, 0.25) is 5.91 Å². The van der Waals surface area contributed by atoms with Crippen molar-refractivity contribution in [2.75, 3.05) is 17.2 Å². The summed E-state index contributed by atoms with van der Waals surface area (Å²) in [5, 5.41) is 5.99. The van der Waals surface area contributed by atoms with Crippen molar-refractivity contribution in [2.24, 2.45) is 0 Å². The predicted octanol–water partition coefficient (Wildman–Crippen LogP) is 2.24. The van der Waals surface area contributed by atoms with Gasteiger partial charge in [0.05, 0.1) is 5.69 Å². The Bertz CT molecular complexity index is 681. The van der Waals surface area contributed by atoms with Crippen LogP contribution in [0, 0.1) is 0 Å². The molecule has 3 rings (SSSR count). The van der Waals surface area contributed by atoms with E-state index >= 15 is 0 Å². The topological polar surface area (TPSA) is 66.9 Å². The van der Waals surface area contributed by atoms with Crippen molar-refractivity contribution in [1.29, 1.82) is 0 Å². The highest BCUT2D eigenvalue weighted by Gasteiger charge is 2.17. The van der Waals surface area contributed by atoms with Gasteiger partial charge in [0.15, 0.2) is 0 Å². The van der Waals surface area contributed by atoms with E-state index in [0.717, 1.165) is 41.3 Å². The molecule has 20 heavy (non-hydrogen) atoms. The first kappa shape index (κ1) is 12.3. The van der Waals surface area contributed by atoms with Crippen molar-refractivity contribution in [3.63, 3.8) is 0 Å². The summed E-state index contributed by atoms with van der Waals surface area (Å²) in [6, 6.07) is 7.61. The third kappa shape index (κ3) is 2.25. The van der Waals surface area contributed by atoms with E-state index in [1.807, 2.05) is 24.3 Å². The first-order valence-corrected chi connectivity index (χ1v) is 6.39. The zero-order valence-corrected chi connectivity index (χ0v) is 10.9. The lowest BCUT2D eigenvalue weighted by atomic mass is 10.0. The van der Waals surface area contributed by atoms with E-state index in [-0.39, 0.29) is 5.91 Å². The first-order valence-electron chi connectivity index (χ1n) is 6.39. The SMILES string of the molecule is C=CC(=O)Nc1cccc(-c2ncnc3c2CCN3)c1. The lowest BCUT2D eigenvalue weighted by Gasteiger charge is -2.08. The Morgan fingerprint density at radius 1 is 1.40 bits per heavy atom. The molecule has 0 fully saturated rings. The highest BCUT2D eigenvalue weighted by atomic mass is 16.1.